The summed E-state index contributed by atoms with van der Waals surface area (Å²) in [4.78, 5) is 31.4. The summed E-state index contributed by atoms with van der Waals surface area (Å²) in [5.74, 6) is 0. The van der Waals surface area contributed by atoms with Crippen LogP contribution in [0.5, 0.6) is 0 Å². The fraction of sp³-hybridized carbons (Fsp3) is 0. The lowest BCUT2D eigenvalue weighted by Gasteiger charge is -2.13. The van der Waals surface area contributed by atoms with Gasteiger partial charge in [0.15, 0.2) is 0 Å². The summed E-state index contributed by atoms with van der Waals surface area (Å²) in [5.41, 5.74) is 29.8. The molecule has 0 amide bonds. The minimum atomic E-state index is 0.913. The maximum absolute atomic E-state index is 5.27. The first-order valence-corrected chi connectivity index (χ1v) is 51.1. The third kappa shape index (κ3) is 14.8. The molecule has 10 heterocycles. The van der Waals surface area contributed by atoms with E-state index in [0.717, 1.165) is 145 Å². The molecule has 144 heavy (non-hydrogen) atoms. The SMILES string of the molecule is c1cc(-c2ccc3ccc4ccc(-c5ccc6c(c5)sc5ccccc56)nc4c3n2)cc(-c2cc3ccccc3c3ccccc23)c1.c1ccc(-c2cc(-c3cccc4c3sc3ccccc34)cc(-c3cccc(-c4nc5ccccc5c5ccccc45)c3)n2)cc1.c1ccc2c(c1)sc1c(-c3ccc(-c4ccc5ccc6ccc(-c7ccc(-n8c9ccccc9c9ccccc98)cc7)nc6c5n4)cc3)cccc12. The van der Waals surface area contributed by atoms with Crippen LogP contribution in [0.4, 0.5) is 0 Å². The first kappa shape index (κ1) is 84.0. The molecule has 0 aliphatic heterocycles. The summed E-state index contributed by atoms with van der Waals surface area (Å²) in [5, 5.41) is 23.3. The second-order valence-corrected chi connectivity index (χ2v) is 40.1. The molecule has 0 fully saturated rings. The van der Waals surface area contributed by atoms with Gasteiger partial charge in [0.25, 0.3) is 0 Å². The second-order valence-electron chi connectivity index (χ2n) is 36.9. The van der Waals surface area contributed by atoms with Crippen LogP contribution in [0.25, 0.3) is 287 Å². The molecule has 0 saturated carbocycles. The molecule has 0 N–H and O–H groups in total. The number of para-hydroxylation sites is 3. The number of pyridine rings is 6. The van der Waals surface area contributed by atoms with Crippen LogP contribution >= 0.6 is 34.0 Å². The number of hydrogen-bond acceptors (Lipinski definition) is 9. The Bertz CT molecular complexity index is 10400. The van der Waals surface area contributed by atoms with Crippen LogP contribution in [0, 0.1) is 0 Å². The average molecular weight is 1890 g/mol. The Hall–Kier alpha value is -18.2. The number of rotatable bonds is 11. The summed E-state index contributed by atoms with van der Waals surface area (Å²) in [6, 6.07) is 176. The van der Waals surface area contributed by atoms with Gasteiger partial charge in [-0.1, -0.05) is 382 Å². The lowest BCUT2D eigenvalue weighted by Crippen LogP contribution is -1.94. The van der Waals surface area contributed by atoms with Gasteiger partial charge in [0.1, 0.15) is 0 Å². The molecule has 10 heteroatoms. The molecule has 0 bridgehead atoms. The zero-order valence-corrected chi connectivity index (χ0v) is 80.1. The van der Waals surface area contributed by atoms with Gasteiger partial charge in [-0.05, 0) is 170 Å². The van der Waals surface area contributed by atoms with Crippen LogP contribution < -0.4 is 0 Å². The van der Waals surface area contributed by atoms with Gasteiger partial charge in [0.2, 0.25) is 0 Å². The Balaban J connectivity index is 0.000000105. The number of benzene rings is 20. The van der Waals surface area contributed by atoms with E-state index in [-0.39, 0.29) is 0 Å². The zero-order chi connectivity index (χ0) is 94.8. The molecule has 10 aromatic heterocycles. The van der Waals surface area contributed by atoms with Crippen LogP contribution in [0.2, 0.25) is 0 Å². The highest BCUT2D eigenvalue weighted by Gasteiger charge is 2.22. The van der Waals surface area contributed by atoms with Crippen LogP contribution in [0.3, 0.4) is 0 Å². The van der Waals surface area contributed by atoms with Gasteiger partial charge in [0.05, 0.1) is 78.5 Å². The Morgan fingerprint density at radius 2 is 0.528 bits per heavy atom. The molecule has 0 spiro atoms. The maximum atomic E-state index is 5.27. The molecular formula is C134H81N7S3. The van der Waals surface area contributed by atoms with E-state index in [1.807, 2.05) is 34.0 Å². The number of hydrogen-bond donors (Lipinski definition) is 0. The molecule has 670 valence electrons. The topological polar surface area (TPSA) is 82.3 Å². The number of aromatic nitrogens is 7. The van der Waals surface area contributed by atoms with Crippen molar-refractivity contribution in [2.24, 2.45) is 0 Å². The fourth-order valence-electron chi connectivity index (χ4n) is 21.5. The Morgan fingerprint density at radius 1 is 0.160 bits per heavy atom. The van der Waals surface area contributed by atoms with Crippen LogP contribution in [-0.4, -0.2) is 34.5 Å². The number of thiophene rings is 3. The van der Waals surface area contributed by atoms with E-state index < -0.39 is 0 Å². The van der Waals surface area contributed by atoms with Crippen molar-refractivity contribution in [3.05, 3.63) is 491 Å². The third-order valence-electron chi connectivity index (χ3n) is 28.5. The molecule has 0 unspecified atom stereocenters. The van der Waals surface area contributed by atoms with Gasteiger partial charge in [-0.25, -0.2) is 29.9 Å². The van der Waals surface area contributed by atoms with Crippen molar-refractivity contribution in [2.45, 2.75) is 0 Å². The van der Waals surface area contributed by atoms with Gasteiger partial charge in [-0.3, -0.25) is 0 Å². The van der Waals surface area contributed by atoms with E-state index >= 15 is 0 Å². The highest BCUT2D eigenvalue weighted by molar-refractivity contribution is 7.27. The van der Waals surface area contributed by atoms with Crippen LogP contribution in [0.1, 0.15) is 0 Å². The quantitative estimate of drug-likeness (QED) is 0.120. The summed E-state index contributed by atoms with van der Waals surface area (Å²) in [7, 11) is 0. The summed E-state index contributed by atoms with van der Waals surface area (Å²) in [6.07, 6.45) is 0. The average Bonchev–Trinajstić information content (AvgIpc) is 1.71. The molecule has 0 aliphatic carbocycles. The molecule has 0 atom stereocenters. The van der Waals surface area contributed by atoms with Crippen LogP contribution in [-0.2, 0) is 0 Å². The van der Waals surface area contributed by atoms with Gasteiger partial charge < -0.3 is 4.57 Å². The van der Waals surface area contributed by atoms with E-state index in [0.29, 0.717) is 0 Å². The summed E-state index contributed by atoms with van der Waals surface area (Å²) < 4.78 is 10.2. The predicted molar refractivity (Wildman–Crippen MR) is 614 cm³/mol. The Labute approximate surface area is 840 Å². The van der Waals surface area contributed by atoms with Crippen molar-refractivity contribution in [1.82, 2.24) is 34.5 Å². The predicted octanol–water partition coefficient (Wildman–Crippen LogP) is 37.5. The number of fused-ring (bicyclic) bond motifs is 24. The number of nitrogens with zero attached hydrogens (tertiary/aromatic N) is 7. The van der Waals surface area contributed by atoms with Crippen molar-refractivity contribution in [3.63, 3.8) is 0 Å². The van der Waals surface area contributed by atoms with Crippen molar-refractivity contribution in [1.29, 1.82) is 0 Å². The third-order valence-corrected chi connectivity index (χ3v) is 32.1. The molecule has 30 rings (SSSR count). The second kappa shape index (κ2) is 35.0. The fourth-order valence-corrected chi connectivity index (χ4v) is 25.1. The Morgan fingerprint density at radius 3 is 1.11 bits per heavy atom. The highest BCUT2D eigenvalue weighted by Crippen LogP contribution is 2.47. The standard InChI is InChI=1S/C48H29N3S.C44H26N2S.C42H26N2S/c1-4-13-43-37(8-1)38-9-2-5-14-44(38)51(43)35-26-22-32(23-27-35)42-29-25-34-21-20-33-24-28-41(49-46(33)47(34)50-42)31-18-16-30(17-19-31)36-11-7-12-40-39-10-3-6-15-45(39)52-48(36)40;1-2-11-33-30(8-1)25-38(35-13-4-3-12-34(33)35)29-9-7-10-31(24-29)39-22-19-27-16-17-28-20-23-40(46-44(28)43(27)45-39)32-18-21-37-36-14-5-6-15-41(36)47-42(37)26-32;1-2-12-27(13-3-1)38-25-30(31-20-11-21-36-34-18-7-9-23-40(34)45-42(31)36)26-39(43-38)28-14-10-15-29(24-28)41-35-19-5-4-16-32(35)33-17-6-8-22-37(33)44-41/h1-29H;1-26H;1-26H. The van der Waals surface area contributed by atoms with Crippen molar-refractivity contribution in [3.8, 4) is 118 Å². The zero-order valence-electron chi connectivity index (χ0n) is 77.6. The van der Waals surface area contributed by atoms with Crippen LogP contribution in [0.15, 0.2) is 491 Å². The van der Waals surface area contributed by atoms with Crippen molar-refractivity contribution in [2.75, 3.05) is 0 Å². The minimum absolute atomic E-state index is 0.913. The monoisotopic (exact) mass is 1880 g/mol. The lowest BCUT2D eigenvalue weighted by molar-refractivity contribution is 1.18. The normalized spacial score (nSPS) is 11.8. The van der Waals surface area contributed by atoms with Gasteiger partial charge in [-0.15, -0.1) is 34.0 Å². The first-order chi connectivity index (χ1) is 71.3. The molecule has 20 aromatic carbocycles. The van der Waals surface area contributed by atoms with E-state index in [1.54, 1.807) is 0 Å². The molecule has 0 aliphatic rings. The van der Waals surface area contributed by atoms with Crippen molar-refractivity contribution >= 4 is 203 Å². The van der Waals surface area contributed by atoms with E-state index in [2.05, 4.69) is 496 Å². The van der Waals surface area contributed by atoms with E-state index in [9.17, 15) is 0 Å². The largest absolute Gasteiger partial charge is 0.309 e. The smallest absolute Gasteiger partial charge is 0.0972 e. The van der Waals surface area contributed by atoms with E-state index in [1.165, 1.54) is 142 Å². The summed E-state index contributed by atoms with van der Waals surface area (Å²) in [6.45, 7) is 0. The van der Waals surface area contributed by atoms with Gasteiger partial charge in [-0.2, -0.15) is 0 Å². The lowest BCUT2D eigenvalue weighted by atomic mass is 9.92. The summed E-state index contributed by atoms with van der Waals surface area (Å²) >= 11 is 5.56. The minimum Gasteiger partial charge on any atom is -0.309 e. The molecule has 30 aromatic rings. The Kier molecular flexibility index (Phi) is 20.4. The molecule has 7 nitrogen and oxygen atoms in total. The molecule has 0 radical (unpaired) electrons. The first-order valence-electron chi connectivity index (χ1n) is 48.6. The molecule has 0 saturated heterocycles. The van der Waals surface area contributed by atoms with Crippen molar-refractivity contribution < 1.29 is 0 Å². The van der Waals surface area contributed by atoms with E-state index in [4.69, 9.17) is 29.9 Å². The van der Waals surface area contributed by atoms with Gasteiger partial charge in [0, 0.05) is 148 Å². The highest BCUT2D eigenvalue weighted by atomic mass is 32.1. The molecular weight excluding hydrogens is 1800 g/mol. The van der Waals surface area contributed by atoms with Gasteiger partial charge >= 0.3 is 0 Å². The maximum Gasteiger partial charge on any atom is 0.0972 e.